The molecule has 1 saturated heterocycles. The molecule has 2 unspecified atom stereocenters. The fourth-order valence-corrected chi connectivity index (χ4v) is 4.07. The van der Waals surface area contributed by atoms with Gasteiger partial charge in [-0.3, -0.25) is 9.89 Å². The minimum absolute atomic E-state index is 0. The van der Waals surface area contributed by atoms with E-state index in [2.05, 4.69) is 70.7 Å². The van der Waals surface area contributed by atoms with E-state index in [1.807, 2.05) is 7.05 Å². The largest absolute Gasteiger partial charge is 0.379 e. The molecule has 2 heterocycles. The topological polar surface area (TPSA) is 64.7 Å². The van der Waals surface area contributed by atoms with E-state index in [0.717, 1.165) is 51.6 Å². The van der Waals surface area contributed by atoms with Gasteiger partial charge in [0.05, 0.1) is 13.2 Å². The number of benzene rings is 1. The molecular formula is C22H36IN5O. The number of aryl methyl sites for hydroxylation is 1. The van der Waals surface area contributed by atoms with Gasteiger partial charge in [-0.25, -0.2) is 0 Å². The molecule has 1 aliphatic rings. The number of aliphatic imine (C=N–C) groups is 1. The molecule has 0 amide bonds. The van der Waals surface area contributed by atoms with Gasteiger partial charge in [-0.15, -0.1) is 24.0 Å². The maximum absolute atomic E-state index is 5.54. The maximum Gasteiger partial charge on any atom is 0.191 e. The van der Waals surface area contributed by atoms with Gasteiger partial charge >= 0.3 is 0 Å². The number of halogens is 1. The first-order chi connectivity index (χ1) is 13.6. The third-order valence-electron chi connectivity index (χ3n) is 5.73. The summed E-state index contributed by atoms with van der Waals surface area (Å²) in [5.74, 6) is 0.863. The van der Waals surface area contributed by atoms with Crippen molar-refractivity contribution in [2.75, 3.05) is 39.9 Å². The van der Waals surface area contributed by atoms with Crippen molar-refractivity contribution in [3.05, 3.63) is 35.5 Å². The Morgan fingerprint density at radius 1 is 1.34 bits per heavy atom. The Morgan fingerprint density at radius 2 is 2.17 bits per heavy atom. The number of hydrogen-bond donors (Lipinski definition) is 3. The van der Waals surface area contributed by atoms with E-state index in [1.165, 1.54) is 22.0 Å². The molecule has 0 saturated carbocycles. The summed E-state index contributed by atoms with van der Waals surface area (Å²) >= 11 is 0. The summed E-state index contributed by atoms with van der Waals surface area (Å²) in [6.45, 7) is 11.1. The normalized spacial score (nSPS) is 19.0. The van der Waals surface area contributed by atoms with Crippen LogP contribution in [0.4, 0.5) is 0 Å². The van der Waals surface area contributed by atoms with Gasteiger partial charge < -0.3 is 20.4 Å². The van der Waals surface area contributed by atoms with Crippen molar-refractivity contribution in [1.82, 2.24) is 20.5 Å². The van der Waals surface area contributed by atoms with Crippen LogP contribution < -0.4 is 10.6 Å². The predicted octanol–water partition coefficient (Wildman–Crippen LogP) is 3.17. The lowest BCUT2D eigenvalue weighted by Crippen LogP contribution is -2.53. The van der Waals surface area contributed by atoms with Crippen molar-refractivity contribution in [2.45, 2.75) is 45.7 Å². The summed E-state index contributed by atoms with van der Waals surface area (Å²) in [4.78, 5) is 10.3. The second-order valence-corrected chi connectivity index (χ2v) is 7.65. The van der Waals surface area contributed by atoms with E-state index in [1.54, 1.807) is 0 Å². The van der Waals surface area contributed by atoms with Crippen LogP contribution in [0.2, 0.25) is 0 Å². The van der Waals surface area contributed by atoms with Gasteiger partial charge in [-0.05, 0) is 37.8 Å². The molecule has 2 aromatic rings. The van der Waals surface area contributed by atoms with Crippen LogP contribution in [-0.2, 0) is 17.6 Å². The van der Waals surface area contributed by atoms with Crippen molar-refractivity contribution in [3.8, 4) is 0 Å². The standard InChI is InChI=1S/C22H35N5O.HI/c1-5-18-7-6-8-20-19(14-25-21(18)20)9-10-24-22(23-4)26-13-16(2)27-11-12-28-15-17(27)3;/h6-8,14,16-17,25H,5,9-13,15H2,1-4H3,(H2,23,24,26);1H. The maximum atomic E-state index is 5.54. The molecule has 6 nitrogen and oxygen atoms in total. The number of hydrogen-bond acceptors (Lipinski definition) is 3. The zero-order valence-corrected chi connectivity index (χ0v) is 20.5. The summed E-state index contributed by atoms with van der Waals surface area (Å²) < 4.78 is 5.54. The molecule has 1 aliphatic heterocycles. The molecule has 162 valence electrons. The molecule has 29 heavy (non-hydrogen) atoms. The number of nitrogens with one attached hydrogen (secondary N) is 3. The first-order valence-corrected chi connectivity index (χ1v) is 10.5. The van der Waals surface area contributed by atoms with Crippen LogP contribution in [0.3, 0.4) is 0 Å². The minimum atomic E-state index is 0. The third-order valence-corrected chi connectivity index (χ3v) is 5.73. The highest BCUT2D eigenvalue weighted by Crippen LogP contribution is 2.22. The zero-order valence-electron chi connectivity index (χ0n) is 18.1. The molecule has 0 bridgehead atoms. The predicted molar refractivity (Wildman–Crippen MR) is 133 cm³/mol. The molecule has 0 radical (unpaired) electrons. The van der Waals surface area contributed by atoms with E-state index in [4.69, 9.17) is 4.74 Å². The number of rotatable bonds is 7. The van der Waals surface area contributed by atoms with Crippen molar-refractivity contribution in [1.29, 1.82) is 0 Å². The number of ether oxygens (including phenoxy) is 1. The van der Waals surface area contributed by atoms with Crippen molar-refractivity contribution < 1.29 is 4.74 Å². The third kappa shape index (κ3) is 6.08. The minimum Gasteiger partial charge on any atom is -0.379 e. The highest BCUT2D eigenvalue weighted by molar-refractivity contribution is 14.0. The number of fused-ring (bicyclic) bond motifs is 1. The van der Waals surface area contributed by atoms with Gasteiger partial charge in [-0.2, -0.15) is 0 Å². The van der Waals surface area contributed by atoms with E-state index in [9.17, 15) is 0 Å². The highest BCUT2D eigenvalue weighted by atomic mass is 127. The smallest absolute Gasteiger partial charge is 0.191 e. The second kappa shape index (κ2) is 11.8. The van der Waals surface area contributed by atoms with Crippen LogP contribution in [0, 0.1) is 0 Å². The molecule has 2 atom stereocenters. The van der Waals surface area contributed by atoms with E-state index in [0.29, 0.717) is 12.1 Å². The summed E-state index contributed by atoms with van der Waals surface area (Å²) in [7, 11) is 1.83. The molecule has 1 aromatic heterocycles. The lowest BCUT2D eigenvalue weighted by atomic mass is 10.1. The van der Waals surface area contributed by atoms with Crippen LogP contribution in [-0.4, -0.2) is 67.8 Å². The van der Waals surface area contributed by atoms with Crippen LogP contribution in [0.15, 0.2) is 29.4 Å². The fraction of sp³-hybridized carbons (Fsp3) is 0.591. The zero-order chi connectivity index (χ0) is 19.9. The van der Waals surface area contributed by atoms with E-state index < -0.39 is 0 Å². The van der Waals surface area contributed by atoms with Crippen LogP contribution in [0.1, 0.15) is 31.9 Å². The lowest BCUT2D eigenvalue weighted by Gasteiger charge is -2.38. The monoisotopic (exact) mass is 513 g/mol. The summed E-state index contributed by atoms with van der Waals surface area (Å²) in [6.07, 6.45) is 4.15. The average molecular weight is 513 g/mol. The lowest BCUT2D eigenvalue weighted by molar-refractivity contribution is -0.0174. The average Bonchev–Trinajstić information content (AvgIpc) is 3.13. The van der Waals surface area contributed by atoms with Gasteiger partial charge in [0.25, 0.3) is 0 Å². The molecule has 1 aromatic carbocycles. The number of guanidine groups is 1. The fourth-order valence-electron chi connectivity index (χ4n) is 4.07. The van der Waals surface area contributed by atoms with E-state index in [-0.39, 0.29) is 24.0 Å². The van der Waals surface area contributed by atoms with Gasteiger partial charge in [0.2, 0.25) is 0 Å². The van der Waals surface area contributed by atoms with Crippen LogP contribution in [0.5, 0.6) is 0 Å². The Kier molecular flexibility index (Phi) is 9.71. The number of morpholine rings is 1. The van der Waals surface area contributed by atoms with Gasteiger partial charge in [0, 0.05) is 55.9 Å². The van der Waals surface area contributed by atoms with Gasteiger partial charge in [-0.1, -0.05) is 25.1 Å². The first kappa shape index (κ1) is 24.0. The van der Waals surface area contributed by atoms with Crippen molar-refractivity contribution >= 4 is 40.8 Å². The molecule has 3 N–H and O–H groups in total. The number of H-pyrrole nitrogens is 1. The summed E-state index contributed by atoms with van der Waals surface area (Å²) in [5, 5.41) is 8.26. The molecular weight excluding hydrogens is 477 g/mol. The van der Waals surface area contributed by atoms with Crippen molar-refractivity contribution in [3.63, 3.8) is 0 Å². The Balaban J connectivity index is 0.00000300. The van der Waals surface area contributed by atoms with Gasteiger partial charge in [0.1, 0.15) is 0 Å². The van der Waals surface area contributed by atoms with Crippen LogP contribution in [0.25, 0.3) is 10.9 Å². The summed E-state index contributed by atoms with van der Waals surface area (Å²) in [6, 6.07) is 7.47. The number of aromatic nitrogens is 1. The molecule has 0 spiro atoms. The molecule has 3 rings (SSSR count). The number of nitrogens with zero attached hydrogens (tertiary/aromatic N) is 2. The Bertz CT molecular complexity index is 791. The Morgan fingerprint density at radius 3 is 2.90 bits per heavy atom. The molecule has 0 aliphatic carbocycles. The van der Waals surface area contributed by atoms with Gasteiger partial charge in [0.15, 0.2) is 5.96 Å². The quantitative estimate of drug-likeness (QED) is 0.303. The van der Waals surface area contributed by atoms with Crippen LogP contribution >= 0.6 is 24.0 Å². The highest BCUT2D eigenvalue weighted by Gasteiger charge is 2.23. The Hall–Kier alpha value is -1.32. The first-order valence-electron chi connectivity index (χ1n) is 10.5. The second-order valence-electron chi connectivity index (χ2n) is 7.65. The molecule has 1 fully saturated rings. The van der Waals surface area contributed by atoms with E-state index >= 15 is 0 Å². The summed E-state index contributed by atoms with van der Waals surface area (Å²) in [5.41, 5.74) is 4.00. The molecule has 7 heteroatoms. The Labute approximate surface area is 191 Å². The number of aromatic amines is 1. The van der Waals surface area contributed by atoms with Crippen molar-refractivity contribution in [2.24, 2.45) is 4.99 Å². The number of para-hydroxylation sites is 1. The SMILES string of the molecule is CCc1cccc2c(CCNC(=NC)NCC(C)N3CCOCC3C)c[nH]c12.I.